The lowest BCUT2D eigenvalue weighted by Crippen LogP contribution is -2.30. The maximum atomic E-state index is 12.9. The summed E-state index contributed by atoms with van der Waals surface area (Å²) >= 11 is 0. The first kappa shape index (κ1) is 77.1. The van der Waals surface area contributed by atoms with Crippen LogP contribution in [-0.2, 0) is 28.6 Å². The van der Waals surface area contributed by atoms with Crippen LogP contribution in [-0.4, -0.2) is 37.2 Å². The van der Waals surface area contributed by atoms with Gasteiger partial charge in [-0.25, -0.2) is 0 Å². The van der Waals surface area contributed by atoms with E-state index in [1.807, 2.05) is 0 Å². The van der Waals surface area contributed by atoms with Crippen molar-refractivity contribution in [2.45, 2.75) is 335 Å². The fraction of sp³-hybridized carbons (Fsp3) is 0.720. The van der Waals surface area contributed by atoms with E-state index in [0.29, 0.717) is 19.3 Å². The van der Waals surface area contributed by atoms with Crippen molar-refractivity contribution in [3.63, 3.8) is 0 Å². The first-order chi connectivity index (χ1) is 40.0. The SMILES string of the molecule is CC/C=C\C/C=C\C/C=C\C/C=C\C/C=C\CCCCCCCCCCCCCCCCCCCCCC(=O)OCC(COC(=O)CCCCCCCCCCCCCCC)OC(=O)CCCC/C=C\C/C=C\C/C=C\C/C=C\CC. The number of rotatable bonds is 62. The molecule has 0 N–H and O–H groups in total. The maximum absolute atomic E-state index is 12.9. The van der Waals surface area contributed by atoms with E-state index in [9.17, 15) is 14.4 Å². The van der Waals surface area contributed by atoms with E-state index in [-0.39, 0.29) is 37.5 Å². The van der Waals surface area contributed by atoms with Crippen LogP contribution in [0.5, 0.6) is 0 Å². The fourth-order valence-corrected chi connectivity index (χ4v) is 9.70. The van der Waals surface area contributed by atoms with Crippen LogP contribution in [0.1, 0.15) is 329 Å². The van der Waals surface area contributed by atoms with Crippen LogP contribution in [0.15, 0.2) is 109 Å². The number of carbonyl (C=O) groups is 3. The highest BCUT2D eigenvalue weighted by molar-refractivity contribution is 5.71. The minimum atomic E-state index is -0.797. The molecule has 0 rings (SSSR count). The zero-order valence-corrected chi connectivity index (χ0v) is 53.3. The Kier molecular flexibility index (Phi) is 65.2. The molecule has 0 bridgehead atoms. The number of allylic oxidation sites excluding steroid dienone is 18. The predicted molar refractivity (Wildman–Crippen MR) is 353 cm³/mol. The molecule has 0 amide bonds. The van der Waals surface area contributed by atoms with Crippen molar-refractivity contribution >= 4 is 17.9 Å². The van der Waals surface area contributed by atoms with Crippen molar-refractivity contribution in [3.8, 4) is 0 Å². The number of unbranched alkanes of at least 4 members (excludes halogenated alkanes) is 33. The molecule has 0 spiro atoms. The highest BCUT2D eigenvalue weighted by Gasteiger charge is 2.19. The molecule has 6 nitrogen and oxygen atoms in total. The molecule has 464 valence electrons. The molecule has 0 aliphatic heterocycles. The molecule has 0 fully saturated rings. The van der Waals surface area contributed by atoms with E-state index in [0.717, 1.165) is 109 Å². The zero-order valence-electron chi connectivity index (χ0n) is 53.3. The number of hydrogen-bond donors (Lipinski definition) is 0. The van der Waals surface area contributed by atoms with Gasteiger partial charge in [0.1, 0.15) is 13.2 Å². The lowest BCUT2D eigenvalue weighted by molar-refractivity contribution is -0.167. The zero-order chi connectivity index (χ0) is 58.5. The number of hydrogen-bond acceptors (Lipinski definition) is 6. The van der Waals surface area contributed by atoms with Gasteiger partial charge in [-0.15, -0.1) is 0 Å². The highest BCUT2D eigenvalue weighted by atomic mass is 16.6. The Labute approximate surface area is 501 Å². The van der Waals surface area contributed by atoms with E-state index in [4.69, 9.17) is 14.2 Å². The smallest absolute Gasteiger partial charge is 0.306 e. The Morgan fingerprint density at radius 1 is 0.259 bits per heavy atom. The molecule has 81 heavy (non-hydrogen) atoms. The first-order valence-corrected chi connectivity index (χ1v) is 34.4. The van der Waals surface area contributed by atoms with Gasteiger partial charge in [0, 0.05) is 19.3 Å². The minimum absolute atomic E-state index is 0.0900. The summed E-state index contributed by atoms with van der Waals surface area (Å²) in [6.45, 7) is 6.41. The van der Waals surface area contributed by atoms with Crippen molar-refractivity contribution < 1.29 is 28.6 Å². The van der Waals surface area contributed by atoms with Gasteiger partial charge in [0.05, 0.1) is 0 Å². The summed E-state index contributed by atoms with van der Waals surface area (Å²) in [6.07, 6.45) is 94.2. The monoisotopic (exact) mass is 1120 g/mol. The summed E-state index contributed by atoms with van der Waals surface area (Å²) in [5.41, 5.74) is 0. The number of ether oxygens (including phenoxy) is 3. The van der Waals surface area contributed by atoms with Gasteiger partial charge in [0.25, 0.3) is 0 Å². The molecule has 1 unspecified atom stereocenters. The minimum Gasteiger partial charge on any atom is -0.462 e. The summed E-state index contributed by atoms with van der Waals surface area (Å²) in [5.74, 6) is -0.919. The topological polar surface area (TPSA) is 78.9 Å². The van der Waals surface area contributed by atoms with E-state index in [2.05, 4.69) is 130 Å². The van der Waals surface area contributed by atoms with Crippen LogP contribution in [0.4, 0.5) is 0 Å². The van der Waals surface area contributed by atoms with Crippen LogP contribution in [0, 0.1) is 0 Å². The first-order valence-electron chi connectivity index (χ1n) is 34.4. The number of carbonyl (C=O) groups excluding carboxylic acids is 3. The summed E-state index contributed by atoms with van der Waals surface area (Å²) < 4.78 is 16.9. The second-order valence-electron chi connectivity index (χ2n) is 22.7. The fourth-order valence-electron chi connectivity index (χ4n) is 9.70. The van der Waals surface area contributed by atoms with E-state index in [1.165, 1.54) is 173 Å². The van der Waals surface area contributed by atoms with Crippen LogP contribution in [0.3, 0.4) is 0 Å². The third kappa shape index (κ3) is 66.8. The van der Waals surface area contributed by atoms with Crippen molar-refractivity contribution in [2.24, 2.45) is 0 Å². The third-order valence-electron chi connectivity index (χ3n) is 14.8. The lowest BCUT2D eigenvalue weighted by atomic mass is 10.0. The molecule has 0 heterocycles. The standard InChI is InChI=1S/C75H128O6/c1-4-7-10-13-16-19-22-25-27-28-29-30-31-32-33-34-35-36-37-38-39-40-41-42-43-44-45-46-48-50-53-56-59-62-65-68-74(77)80-71-72(70-79-73(76)67-64-61-58-55-52-49-24-21-18-15-12-9-6-3)81-75(78)69-66-63-60-57-54-51-47-26-23-20-17-14-11-8-5-2/h7-8,10-11,16-17,19-20,25-27,29-30,32-33,47,54,57,72H,4-6,9,12-15,18,21-24,28,31,34-46,48-53,55-56,58-71H2,1-3H3/b10-7-,11-8-,19-16-,20-17-,27-25-,30-29-,33-32-,47-26-,57-54-. The van der Waals surface area contributed by atoms with Gasteiger partial charge >= 0.3 is 17.9 Å². The van der Waals surface area contributed by atoms with Crippen molar-refractivity contribution in [1.82, 2.24) is 0 Å². The van der Waals surface area contributed by atoms with Gasteiger partial charge in [0.2, 0.25) is 0 Å². The average Bonchev–Trinajstić information content (AvgIpc) is 3.46. The molecule has 0 aliphatic carbocycles. The van der Waals surface area contributed by atoms with Gasteiger partial charge in [-0.3, -0.25) is 14.4 Å². The third-order valence-corrected chi connectivity index (χ3v) is 14.8. The van der Waals surface area contributed by atoms with E-state index < -0.39 is 6.10 Å². The van der Waals surface area contributed by atoms with E-state index in [1.54, 1.807) is 0 Å². The molecular weight excluding hydrogens is 997 g/mol. The van der Waals surface area contributed by atoms with Gasteiger partial charge in [0.15, 0.2) is 6.10 Å². The van der Waals surface area contributed by atoms with Crippen molar-refractivity contribution in [2.75, 3.05) is 13.2 Å². The summed E-state index contributed by atoms with van der Waals surface area (Å²) in [4.78, 5) is 38.3. The van der Waals surface area contributed by atoms with Gasteiger partial charge in [-0.1, -0.05) is 316 Å². The quantitative estimate of drug-likeness (QED) is 0.0261. The van der Waals surface area contributed by atoms with Gasteiger partial charge in [-0.05, 0) is 103 Å². The molecule has 0 saturated heterocycles. The Balaban J connectivity index is 4.14. The summed E-state index contributed by atoms with van der Waals surface area (Å²) in [5, 5.41) is 0. The van der Waals surface area contributed by atoms with E-state index >= 15 is 0 Å². The molecule has 0 radical (unpaired) electrons. The summed E-state index contributed by atoms with van der Waals surface area (Å²) in [7, 11) is 0. The normalized spacial score (nSPS) is 12.8. The van der Waals surface area contributed by atoms with Crippen LogP contribution < -0.4 is 0 Å². The Bertz CT molecular complexity index is 1620. The molecule has 6 heteroatoms. The largest absolute Gasteiger partial charge is 0.462 e. The molecule has 1 atom stereocenters. The Morgan fingerprint density at radius 3 is 0.778 bits per heavy atom. The predicted octanol–water partition coefficient (Wildman–Crippen LogP) is 23.8. The maximum Gasteiger partial charge on any atom is 0.306 e. The van der Waals surface area contributed by atoms with Crippen molar-refractivity contribution in [3.05, 3.63) is 109 Å². The lowest BCUT2D eigenvalue weighted by Gasteiger charge is -2.18. The molecule has 0 aromatic rings. The van der Waals surface area contributed by atoms with Crippen LogP contribution >= 0.6 is 0 Å². The van der Waals surface area contributed by atoms with Crippen LogP contribution in [0.25, 0.3) is 0 Å². The summed E-state index contributed by atoms with van der Waals surface area (Å²) in [6, 6.07) is 0. The highest BCUT2D eigenvalue weighted by Crippen LogP contribution is 2.17. The van der Waals surface area contributed by atoms with Crippen molar-refractivity contribution in [1.29, 1.82) is 0 Å². The second kappa shape index (κ2) is 68.6. The van der Waals surface area contributed by atoms with Gasteiger partial charge < -0.3 is 14.2 Å². The Hall–Kier alpha value is -3.93. The molecule has 0 aliphatic rings. The van der Waals surface area contributed by atoms with Crippen LogP contribution in [0.2, 0.25) is 0 Å². The molecule has 0 saturated carbocycles. The number of esters is 3. The van der Waals surface area contributed by atoms with Gasteiger partial charge in [-0.2, -0.15) is 0 Å². The molecular formula is C75H128O6. The second-order valence-corrected chi connectivity index (χ2v) is 22.7. The molecule has 0 aromatic carbocycles. The Morgan fingerprint density at radius 2 is 0.481 bits per heavy atom. The average molecular weight is 1130 g/mol. The molecule has 0 aromatic heterocycles.